The van der Waals surface area contributed by atoms with Crippen molar-refractivity contribution in [2.45, 2.75) is 50.4 Å². The lowest BCUT2D eigenvalue weighted by Gasteiger charge is -2.39. The smallest absolute Gasteiger partial charge is 0.426 e. The monoisotopic (exact) mass is 603 g/mol. The van der Waals surface area contributed by atoms with Crippen LogP contribution in [0.1, 0.15) is 30.4 Å². The molecule has 0 aliphatic carbocycles. The normalized spacial score (nSPS) is 25.4. The molecule has 4 aliphatic rings. The number of alkyl halides is 9. The van der Waals surface area contributed by atoms with Gasteiger partial charge in [-0.25, -0.2) is 4.79 Å². The maximum Gasteiger partial charge on any atom is 0.434 e. The van der Waals surface area contributed by atoms with Crippen molar-refractivity contribution in [2.75, 3.05) is 57.4 Å². The molecule has 0 aromatic heterocycles. The minimum Gasteiger partial charge on any atom is -0.426 e. The molecule has 230 valence electrons. The lowest BCUT2D eigenvalue weighted by atomic mass is 9.77. The van der Waals surface area contributed by atoms with Crippen LogP contribution in [-0.4, -0.2) is 86.8 Å². The van der Waals surface area contributed by atoms with E-state index in [0.717, 1.165) is 16.5 Å². The van der Waals surface area contributed by atoms with Gasteiger partial charge in [-0.05, 0) is 55.5 Å². The van der Waals surface area contributed by atoms with Gasteiger partial charge in [0.15, 0.2) is 0 Å². The molecule has 2 atom stereocenters. The van der Waals surface area contributed by atoms with Gasteiger partial charge in [0, 0.05) is 50.2 Å². The molecule has 15 heteroatoms. The Kier molecular flexibility index (Phi) is 7.84. The molecule has 5 rings (SSSR count). The predicted molar refractivity (Wildman–Crippen MR) is 127 cm³/mol. The molecule has 4 aliphatic heterocycles. The Hall–Kier alpha value is -2.42. The van der Waals surface area contributed by atoms with E-state index in [4.69, 9.17) is 4.74 Å². The van der Waals surface area contributed by atoms with Gasteiger partial charge in [0.2, 0.25) is 0 Å². The number of ether oxygens (including phenoxy) is 2. The van der Waals surface area contributed by atoms with Crippen LogP contribution in [0.15, 0.2) is 18.2 Å². The van der Waals surface area contributed by atoms with E-state index in [1.807, 2.05) is 4.90 Å². The Labute approximate surface area is 230 Å². The summed E-state index contributed by atoms with van der Waals surface area (Å²) in [6.07, 6.45) is -20.4. The van der Waals surface area contributed by atoms with Crippen molar-refractivity contribution >= 4 is 11.8 Å². The molecule has 1 amide bonds. The number of halogens is 9. The van der Waals surface area contributed by atoms with Crippen LogP contribution in [0.25, 0.3) is 0 Å². The topological polar surface area (TPSA) is 45.2 Å². The molecule has 1 spiro atoms. The van der Waals surface area contributed by atoms with Crippen LogP contribution in [0, 0.1) is 17.3 Å². The summed E-state index contributed by atoms with van der Waals surface area (Å²) in [7, 11) is 0. The number of likely N-dealkylation sites (tertiary alicyclic amines) is 2. The van der Waals surface area contributed by atoms with Crippen LogP contribution in [0.5, 0.6) is 0 Å². The van der Waals surface area contributed by atoms with E-state index in [1.54, 1.807) is 0 Å². The van der Waals surface area contributed by atoms with E-state index in [2.05, 4.69) is 9.64 Å². The third-order valence-electron chi connectivity index (χ3n) is 8.81. The molecule has 0 saturated carbocycles. The zero-order valence-electron chi connectivity index (χ0n) is 21.9. The molecular formula is C26H30F9N3O3. The fourth-order valence-corrected chi connectivity index (χ4v) is 6.47. The van der Waals surface area contributed by atoms with Gasteiger partial charge in [-0.15, -0.1) is 0 Å². The van der Waals surface area contributed by atoms with Gasteiger partial charge in [0.1, 0.15) is 0 Å². The molecule has 4 saturated heterocycles. The van der Waals surface area contributed by atoms with Crippen LogP contribution >= 0.6 is 0 Å². The van der Waals surface area contributed by atoms with E-state index in [9.17, 15) is 44.3 Å². The third-order valence-corrected chi connectivity index (χ3v) is 8.81. The van der Waals surface area contributed by atoms with E-state index >= 15 is 0 Å². The van der Waals surface area contributed by atoms with Gasteiger partial charge in [-0.2, -0.15) is 39.5 Å². The summed E-state index contributed by atoms with van der Waals surface area (Å²) in [4.78, 5) is 17.2. The zero-order valence-corrected chi connectivity index (χ0v) is 21.9. The van der Waals surface area contributed by atoms with Gasteiger partial charge in [0.05, 0.1) is 18.8 Å². The second kappa shape index (κ2) is 10.7. The highest BCUT2D eigenvalue weighted by Crippen LogP contribution is 2.43. The van der Waals surface area contributed by atoms with E-state index in [0.29, 0.717) is 70.9 Å². The quantitative estimate of drug-likeness (QED) is 0.413. The standard InChI is InChI=1S/C26H30F9N3O3/c27-24(28,29)19-2-1-16(20(9-19)38-11-17-13-40-14-18(17)12-38)10-36-6-3-23(4-7-36)5-8-37(15-23)22(39)41-21(25(30,31)32)26(33,34)35/h1-2,9,17-18,21H,3-8,10-15H2. The minimum absolute atomic E-state index is 0.0216. The Morgan fingerprint density at radius 1 is 0.927 bits per heavy atom. The summed E-state index contributed by atoms with van der Waals surface area (Å²) < 4.78 is 127. The van der Waals surface area contributed by atoms with Crippen LogP contribution in [-0.2, 0) is 22.2 Å². The van der Waals surface area contributed by atoms with Gasteiger partial charge in [-0.3, -0.25) is 4.90 Å². The molecule has 4 heterocycles. The molecular weight excluding hydrogens is 573 g/mol. The molecule has 2 unspecified atom stereocenters. The van der Waals surface area contributed by atoms with E-state index in [1.165, 1.54) is 12.1 Å². The fraction of sp³-hybridized carbons (Fsp3) is 0.731. The summed E-state index contributed by atoms with van der Waals surface area (Å²) in [6.45, 7) is 3.75. The summed E-state index contributed by atoms with van der Waals surface area (Å²) in [5, 5.41) is 0. The highest BCUT2D eigenvalue weighted by Gasteiger charge is 2.60. The van der Waals surface area contributed by atoms with Crippen molar-refractivity contribution < 1.29 is 53.8 Å². The van der Waals surface area contributed by atoms with Crippen molar-refractivity contribution in [3.8, 4) is 0 Å². The average molecular weight is 604 g/mol. The minimum atomic E-state index is -5.78. The average Bonchev–Trinajstić information content (AvgIpc) is 3.58. The number of piperidine rings is 1. The number of amides is 1. The number of hydrogen-bond acceptors (Lipinski definition) is 5. The summed E-state index contributed by atoms with van der Waals surface area (Å²) in [5.74, 6) is 0.540. The molecule has 6 nitrogen and oxygen atoms in total. The Morgan fingerprint density at radius 3 is 2.07 bits per heavy atom. The number of benzene rings is 1. The van der Waals surface area contributed by atoms with Crippen molar-refractivity contribution in [1.29, 1.82) is 0 Å². The SMILES string of the molecule is O=C(OC(C(F)(F)F)C(F)(F)F)N1CCC2(CCN(Cc3ccc(C(F)(F)F)cc3N3CC4COCC4C3)CC2)C1. The van der Waals surface area contributed by atoms with Crippen LogP contribution in [0.3, 0.4) is 0 Å². The van der Waals surface area contributed by atoms with E-state index in [-0.39, 0.29) is 24.9 Å². The number of fused-ring (bicyclic) bond motifs is 1. The zero-order chi connectivity index (χ0) is 29.8. The Morgan fingerprint density at radius 2 is 1.51 bits per heavy atom. The first kappa shape index (κ1) is 30.1. The molecule has 41 heavy (non-hydrogen) atoms. The van der Waals surface area contributed by atoms with Crippen LogP contribution < -0.4 is 4.90 Å². The van der Waals surface area contributed by atoms with Gasteiger partial charge in [0.25, 0.3) is 6.10 Å². The second-order valence-corrected chi connectivity index (χ2v) is 11.6. The van der Waals surface area contributed by atoms with Crippen LogP contribution in [0.2, 0.25) is 0 Å². The Bertz CT molecular complexity index is 1090. The molecule has 4 fully saturated rings. The summed E-state index contributed by atoms with van der Waals surface area (Å²) >= 11 is 0. The highest BCUT2D eigenvalue weighted by molar-refractivity contribution is 5.68. The summed E-state index contributed by atoms with van der Waals surface area (Å²) in [5.41, 5.74) is 0.0833. The first-order valence-electron chi connectivity index (χ1n) is 13.4. The number of hydrogen-bond donors (Lipinski definition) is 0. The molecule has 1 aromatic carbocycles. The molecule has 0 bridgehead atoms. The van der Waals surface area contributed by atoms with Gasteiger partial charge < -0.3 is 19.3 Å². The maximum atomic E-state index is 13.5. The first-order chi connectivity index (χ1) is 19.0. The largest absolute Gasteiger partial charge is 0.434 e. The first-order valence-corrected chi connectivity index (χ1v) is 13.4. The number of carbonyl (C=O) groups is 1. The number of carbonyl (C=O) groups excluding carboxylic acids is 1. The molecule has 0 N–H and O–H groups in total. The van der Waals surface area contributed by atoms with Crippen molar-refractivity contribution in [1.82, 2.24) is 9.80 Å². The lowest BCUT2D eigenvalue weighted by molar-refractivity contribution is -0.308. The molecule has 0 radical (unpaired) electrons. The van der Waals surface area contributed by atoms with Crippen molar-refractivity contribution in [3.05, 3.63) is 29.3 Å². The van der Waals surface area contributed by atoms with Crippen LogP contribution in [0.4, 0.5) is 50.0 Å². The van der Waals surface area contributed by atoms with Crippen molar-refractivity contribution in [3.63, 3.8) is 0 Å². The maximum absolute atomic E-state index is 13.5. The fourth-order valence-electron chi connectivity index (χ4n) is 6.47. The Balaban J connectivity index is 1.21. The molecule has 1 aromatic rings. The van der Waals surface area contributed by atoms with Crippen molar-refractivity contribution in [2.24, 2.45) is 17.3 Å². The van der Waals surface area contributed by atoms with Gasteiger partial charge >= 0.3 is 24.6 Å². The highest BCUT2D eigenvalue weighted by atomic mass is 19.4. The van der Waals surface area contributed by atoms with Gasteiger partial charge in [-0.1, -0.05) is 6.07 Å². The number of nitrogens with zero attached hydrogens (tertiary/aromatic N) is 3. The lowest BCUT2D eigenvalue weighted by Crippen LogP contribution is -2.48. The number of anilines is 1. The van der Waals surface area contributed by atoms with E-state index < -0.39 is 41.7 Å². The summed E-state index contributed by atoms with van der Waals surface area (Å²) in [6, 6.07) is 3.76. The third kappa shape index (κ3) is 6.50. The second-order valence-electron chi connectivity index (χ2n) is 11.6. The predicted octanol–water partition coefficient (Wildman–Crippen LogP) is 5.71. The number of rotatable bonds is 4.